The van der Waals surface area contributed by atoms with Gasteiger partial charge in [-0.3, -0.25) is 29.0 Å². The summed E-state index contributed by atoms with van der Waals surface area (Å²) in [4.78, 5) is 43.2. The van der Waals surface area contributed by atoms with E-state index in [0.717, 1.165) is 14.7 Å². The van der Waals surface area contributed by atoms with Gasteiger partial charge in [0.05, 0.1) is 53.0 Å². The smallest absolute Gasteiger partial charge is 0.332 e. The molecule has 3 N–H and O–H groups in total. The summed E-state index contributed by atoms with van der Waals surface area (Å²) in [5, 5.41) is 37.3. The van der Waals surface area contributed by atoms with E-state index in [1.165, 1.54) is 47.9 Å². The average Bonchev–Trinajstić information content (AvgIpc) is 3.41. The summed E-state index contributed by atoms with van der Waals surface area (Å²) in [6.07, 6.45) is -0.0566. The summed E-state index contributed by atoms with van der Waals surface area (Å²) in [6.45, 7) is 6.82. The number of non-ortho nitro benzene ring substituents is 1. The van der Waals surface area contributed by atoms with E-state index in [4.69, 9.17) is 4.74 Å². The normalized spacial score (nSPS) is 13.6. The predicted octanol–water partition coefficient (Wildman–Crippen LogP) is 4.50. The van der Waals surface area contributed by atoms with Crippen molar-refractivity contribution in [2.75, 3.05) is 20.2 Å². The van der Waals surface area contributed by atoms with Crippen LogP contribution in [0.3, 0.4) is 0 Å². The average molecular weight is 775 g/mol. The molecule has 1 amide bonds. The number of aromatic nitrogens is 3. The van der Waals surface area contributed by atoms with E-state index in [-0.39, 0.29) is 42.6 Å². The van der Waals surface area contributed by atoms with Crippen molar-refractivity contribution in [3.63, 3.8) is 0 Å². The molecular weight excluding hydrogens is 729 g/mol. The Bertz CT molecular complexity index is 2290. The first-order valence-electron chi connectivity index (χ1n) is 17.8. The summed E-state index contributed by atoms with van der Waals surface area (Å²) in [5.41, 5.74) is 0.853. The molecule has 3 aromatic carbocycles. The molecule has 0 aliphatic carbocycles. The van der Waals surface area contributed by atoms with Crippen molar-refractivity contribution in [3.8, 4) is 11.6 Å². The fraction of sp³-hybridized carbons (Fsp3) is 0.359. The van der Waals surface area contributed by atoms with E-state index in [1.54, 1.807) is 38.1 Å². The van der Waals surface area contributed by atoms with Crippen molar-refractivity contribution in [2.24, 2.45) is 11.8 Å². The minimum absolute atomic E-state index is 0.0243. The lowest BCUT2D eigenvalue weighted by atomic mass is 9.98. The fourth-order valence-electron chi connectivity index (χ4n) is 6.43. The maximum absolute atomic E-state index is 14.2. The van der Waals surface area contributed by atoms with Crippen molar-refractivity contribution in [3.05, 3.63) is 123 Å². The molecule has 292 valence electrons. The van der Waals surface area contributed by atoms with Gasteiger partial charge in [0.1, 0.15) is 11.8 Å². The molecule has 0 aliphatic heterocycles. The molecule has 5 rings (SSSR count). The van der Waals surface area contributed by atoms with Gasteiger partial charge in [-0.15, -0.1) is 0 Å². The van der Waals surface area contributed by atoms with E-state index in [2.05, 4.69) is 10.3 Å². The van der Waals surface area contributed by atoms with Crippen LogP contribution in [0.15, 0.2) is 101 Å². The Morgan fingerprint density at radius 1 is 1.00 bits per heavy atom. The molecule has 0 spiro atoms. The Morgan fingerprint density at radius 2 is 1.69 bits per heavy atom. The van der Waals surface area contributed by atoms with Crippen molar-refractivity contribution < 1.29 is 33.1 Å². The number of ether oxygens (including phenoxy) is 1. The van der Waals surface area contributed by atoms with Gasteiger partial charge in [-0.05, 0) is 60.2 Å². The zero-order valence-corrected chi connectivity index (χ0v) is 32.1. The SMILES string of the molecule is COc1ccc(S(=O)(=O)N(CC(C)C)C[C@@H](O)[C@H](Cc2ccccc2)NC(=O)[C@H](C(C)C)n2cc(O)n(Cc3ccc4cc([N+](=O)[O-])ccc4n3)c2=O)cc1. The van der Waals surface area contributed by atoms with E-state index >= 15 is 0 Å². The van der Waals surface area contributed by atoms with Crippen molar-refractivity contribution in [2.45, 2.75) is 63.7 Å². The number of carbonyl (C=O) groups is 1. The number of fused-ring (bicyclic) bond motifs is 1. The molecular formula is C39H46N6O9S. The number of carbonyl (C=O) groups excluding carboxylic acids is 1. The third-order valence-electron chi connectivity index (χ3n) is 9.19. The summed E-state index contributed by atoms with van der Waals surface area (Å²) < 4.78 is 36.4. The topological polar surface area (TPSA) is 199 Å². The van der Waals surface area contributed by atoms with Crippen LogP contribution in [0.1, 0.15) is 45.0 Å². The molecule has 0 unspecified atom stereocenters. The van der Waals surface area contributed by atoms with Crippen LogP contribution in [0.2, 0.25) is 0 Å². The highest BCUT2D eigenvalue weighted by atomic mass is 32.2. The lowest BCUT2D eigenvalue weighted by molar-refractivity contribution is -0.384. The van der Waals surface area contributed by atoms with E-state index in [9.17, 15) is 38.3 Å². The van der Waals surface area contributed by atoms with Crippen LogP contribution in [0.25, 0.3) is 10.9 Å². The molecule has 0 aliphatic rings. The van der Waals surface area contributed by atoms with Crippen molar-refractivity contribution in [1.29, 1.82) is 0 Å². The molecule has 0 fully saturated rings. The number of nitrogens with one attached hydrogen (secondary N) is 1. The molecule has 5 aromatic rings. The second-order valence-corrected chi connectivity index (χ2v) is 16.1. The largest absolute Gasteiger partial charge is 0.497 e. The standard InChI is InChI=1S/C39H46N6O9S/c1-25(2)21-42(55(52,53)32-16-14-31(54-5)15-17-32)23-35(46)34(19-27-9-7-6-8-10-27)41-38(48)37(26(3)4)44-24-36(47)43(39(44)49)22-29-12-11-28-20-30(45(50)51)13-18-33(28)40-29/h6-18,20,24-26,34-35,37,46-47H,19,21-23H2,1-5H3,(H,41,48)/t34-,35+,37-/m0/s1. The maximum Gasteiger partial charge on any atom is 0.332 e. The maximum atomic E-state index is 14.2. The third-order valence-corrected chi connectivity index (χ3v) is 11.0. The van der Waals surface area contributed by atoms with Crippen LogP contribution in [-0.4, -0.2) is 80.2 Å². The van der Waals surface area contributed by atoms with Crippen molar-refractivity contribution >= 4 is 32.5 Å². The fourth-order valence-corrected chi connectivity index (χ4v) is 8.06. The number of benzene rings is 3. The Kier molecular flexibility index (Phi) is 12.7. The highest BCUT2D eigenvalue weighted by molar-refractivity contribution is 7.89. The zero-order chi connectivity index (χ0) is 40.0. The summed E-state index contributed by atoms with van der Waals surface area (Å²) >= 11 is 0. The lowest BCUT2D eigenvalue weighted by Gasteiger charge is -2.32. The second kappa shape index (κ2) is 17.3. The molecule has 3 atom stereocenters. The van der Waals surface area contributed by atoms with Gasteiger partial charge in [-0.25, -0.2) is 13.2 Å². The van der Waals surface area contributed by atoms with Gasteiger partial charge in [-0.1, -0.05) is 64.1 Å². The first-order chi connectivity index (χ1) is 26.1. The monoisotopic (exact) mass is 774 g/mol. The van der Waals surface area contributed by atoms with Gasteiger partial charge >= 0.3 is 5.69 Å². The lowest BCUT2D eigenvalue weighted by Crippen LogP contribution is -2.53. The Labute approximate surface area is 319 Å². The van der Waals surface area contributed by atoms with Crippen LogP contribution in [0.5, 0.6) is 11.6 Å². The number of hydrogen-bond acceptors (Lipinski definition) is 10. The third kappa shape index (κ3) is 9.57. The number of aliphatic hydroxyl groups is 1. The minimum atomic E-state index is -4.08. The number of sulfonamides is 1. The number of amides is 1. The molecule has 0 saturated carbocycles. The number of pyridine rings is 1. The highest BCUT2D eigenvalue weighted by Gasteiger charge is 2.34. The molecule has 0 bridgehead atoms. The molecule has 0 saturated heterocycles. The van der Waals surface area contributed by atoms with Crippen LogP contribution in [0.4, 0.5) is 5.69 Å². The number of nitro groups is 1. The number of methoxy groups -OCH3 is 1. The van der Waals surface area contributed by atoms with E-state index < -0.39 is 56.5 Å². The molecule has 15 nitrogen and oxygen atoms in total. The number of imidazole rings is 1. The number of aromatic hydroxyl groups is 1. The first kappa shape index (κ1) is 40.6. The number of nitro benzene ring substituents is 1. The number of hydrogen-bond donors (Lipinski definition) is 3. The predicted molar refractivity (Wildman–Crippen MR) is 206 cm³/mol. The zero-order valence-electron chi connectivity index (χ0n) is 31.3. The van der Waals surface area contributed by atoms with E-state index in [1.807, 2.05) is 44.2 Å². The van der Waals surface area contributed by atoms with Crippen LogP contribution < -0.4 is 15.7 Å². The molecule has 0 radical (unpaired) electrons. The van der Waals surface area contributed by atoms with Crippen molar-refractivity contribution in [1.82, 2.24) is 23.7 Å². The van der Waals surface area contributed by atoms with Gasteiger partial charge in [0.15, 0.2) is 0 Å². The summed E-state index contributed by atoms with van der Waals surface area (Å²) in [5.74, 6) is -1.11. The molecule has 2 aromatic heterocycles. The number of aliphatic hydroxyl groups excluding tert-OH is 1. The van der Waals surface area contributed by atoms with Gasteiger partial charge < -0.3 is 20.3 Å². The van der Waals surface area contributed by atoms with E-state index in [0.29, 0.717) is 22.3 Å². The van der Waals surface area contributed by atoms with Crippen LogP contribution >= 0.6 is 0 Å². The number of nitrogens with zero attached hydrogens (tertiary/aromatic N) is 5. The Balaban J connectivity index is 1.42. The second-order valence-electron chi connectivity index (χ2n) is 14.2. The highest BCUT2D eigenvalue weighted by Crippen LogP contribution is 2.25. The molecule has 55 heavy (non-hydrogen) atoms. The van der Waals surface area contributed by atoms with Gasteiger partial charge in [-0.2, -0.15) is 4.31 Å². The quantitative estimate of drug-likeness (QED) is 0.0893. The summed E-state index contributed by atoms with van der Waals surface area (Å²) in [6, 6.07) is 20.4. The van der Waals surface area contributed by atoms with Gasteiger partial charge in [0.25, 0.3) is 5.69 Å². The Hall–Kier alpha value is -5.58. The molecule has 2 heterocycles. The minimum Gasteiger partial charge on any atom is -0.497 e. The summed E-state index contributed by atoms with van der Waals surface area (Å²) in [7, 11) is -2.60. The van der Waals surface area contributed by atoms with Crippen LogP contribution in [0, 0.1) is 22.0 Å². The molecule has 16 heteroatoms. The number of rotatable bonds is 17. The van der Waals surface area contributed by atoms with Crippen LogP contribution in [-0.2, 0) is 27.8 Å². The van der Waals surface area contributed by atoms with Gasteiger partial charge in [0.2, 0.25) is 21.8 Å². The first-order valence-corrected chi connectivity index (χ1v) is 19.2. The van der Waals surface area contributed by atoms with Gasteiger partial charge in [0, 0.05) is 30.6 Å². The Morgan fingerprint density at radius 3 is 2.31 bits per heavy atom.